The van der Waals surface area contributed by atoms with E-state index in [1.165, 1.54) is 36.8 Å². The number of hydrogen-bond acceptors (Lipinski definition) is 18. The molecule has 90 heavy (non-hydrogen) atoms. The van der Waals surface area contributed by atoms with E-state index in [0.717, 1.165) is 12.0 Å². The summed E-state index contributed by atoms with van der Waals surface area (Å²) in [7, 11) is 0.835. The van der Waals surface area contributed by atoms with Crippen molar-refractivity contribution in [3.05, 3.63) is 131 Å². The molecule has 22 atom stereocenters. The molecule has 1 spiro atoms. The summed E-state index contributed by atoms with van der Waals surface area (Å²) in [5, 5.41) is 34.2. The van der Waals surface area contributed by atoms with Gasteiger partial charge in [0.05, 0.1) is 55.4 Å². The van der Waals surface area contributed by atoms with E-state index >= 15 is 0 Å². The Morgan fingerprint density at radius 1 is 0.778 bits per heavy atom. The summed E-state index contributed by atoms with van der Waals surface area (Å²) in [5.41, 5.74) is 2.64. The molecule has 0 amide bonds. The van der Waals surface area contributed by atoms with Crippen molar-refractivity contribution in [3.63, 3.8) is 0 Å². The van der Waals surface area contributed by atoms with Gasteiger partial charge in [0.15, 0.2) is 18.4 Å². The van der Waals surface area contributed by atoms with Crippen LogP contribution >= 0.6 is 0 Å². The molecule has 500 valence electrons. The Bertz CT molecular complexity index is 2880. The maximum Gasteiger partial charge on any atom is 0.394 e. The van der Waals surface area contributed by atoms with E-state index in [4.69, 9.17) is 69.6 Å². The highest BCUT2D eigenvalue weighted by Gasteiger charge is 2.60. The van der Waals surface area contributed by atoms with Crippen LogP contribution in [0.25, 0.3) is 0 Å². The van der Waals surface area contributed by atoms with Gasteiger partial charge in [-0.05, 0) is 107 Å². The van der Waals surface area contributed by atoms with Crippen LogP contribution in [0.1, 0.15) is 137 Å². The summed E-state index contributed by atoms with van der Waals surface area (Å²) in [4.78, 5) is 16.9. The van der Waals surface area contributed by atoms with E-state index in [2.05, 4.69) is 112 Å². The molecule has 0 saturated carbocycles. The number of hydrogen-bond donors (Lipinski definition) is 5. The lowest BCUT2D eigenvalue weighted by Crippen LogP contribution is -2.58. The Morgan fingerprint density at radius 2 is 1.39 bits per heavy atom. The van der Waals surface area contributed by atoms with Gasteiger partial charge in [0.2, 0.25) is 0 Å². The van der Waals surface area contributed by atoms with Gasteiger partial charge in [-0.3, -0.25) is 13.9 Å². The minimum Gasteiger partial charge on any atom is -0.462 e. The Kier molecular flexibility index (Phi) is 23.8. The molecule has 22 unspecified atom stereocenters. The predicted octanol–water partition coefficient (Wildman–Crippen LogP) is 9.14. The lowest BCUT2D eigenvalue weighted by Gasteiger charge is -2.48. The molecule has 8 heterocycles. The maximum absolute atomic E-state index is 14.3. The van der Waals surface area contributed by atoms with Gasteiger partial charge in [0.1, 0.15) is 48.1 Å². The number of nitrogens with zero attached hydrogens (tertiary/aromatic N) is 1. The third kappa shape index (κ3) is 16.7. The second kappa shape index (κ2) is 30.5. The van der Waals surface area contributed by atoms with E-state index in [9.17, 15) is 20.1 Å². The molecule has 8 aliphatic heterocycles. The first-order valence-electron chi connectivity index (χ1n) is 32.3. The number of esters is 1. The highest BCUT2D eigenvalue weighted by molar-refractivity contribution is 7.79. The van der Waals surface area contributed by atoms with Crippen molar-refractivity contribution in [2.45, 2.75) is 241 Å². The van der Waals surface area contributed by atoms with Gasteiger partial charge in [-0.25, -0.2) is 0 Å². The van der Waals surface area contributed by atoms with Crippen molar-refractivity contribution in [2.75, 3.05) is 27.9 Å². The van der Waals surface area contributed by atoms with Crippen LogP contribution < -0.4 is 0 Å². The number of aliphatic hydroxyl groups excluding tert-OH is 2. The van der Waals surface area contributed by atoms with Crippen molar-refractivity contribution in [1.29, 1.82) is 0 Å². The van der Waals surface area contributed by atoms with Crippen LogP contribution in [0, 0.1) is 23.7 Å². The van der Waals surface area contributed by atoms with E-state index in [0.29, 0.717) is 61.4 Å². The number of ether oxygens (including phenoxy) is 11. The number of allylic oxidation sites excluding steroid dienone is 2. The summed E-state index contributed by atoms with van der Waals surface area (Å²) in [5.74, 6) is -2.56. The van der Waals surface area contributed by atoms with E-state index in [-0.39, 0.29) is 48.8 Å². The molecule has 6 fully saturated rings. The molecule has 21 heteroatoms. The van der Waals surface area contributed by atoms with Crippen LogP contribution in [0.2, 0.25) is 0 Å². The first-order valence-corrected chi connectivity index (χ1v) is 33.7. The van der Waals surface area contributed by atoms with Gasteiger partial charge in [0, 0.05) is 63.8 Å². The van der Waals surface area contributed by atoms with Gasteiger partial charge in [-0.2, -0.15) is 8.42 Å². The summed E-state index contributed by atoms with van der Waals surface area (Å²) in [6.45, 7) is 16.1. The van der Waals surface area contributed by atoms with Crippen molar-refractivity contribution < 1.29 is 89.7 Å². The normalized spacial score (nSPS) is 40.0. The number of carbonyl (C=O) groups excluding carboxylic acids is 1. The molecule has 2 aromatic carbocycles. The average molecular weight is 1280 g/mol. The Balaban J connectivity index is 0.000000281. The molecule has 0 radical (unpaired) electrons. The van der Waals surface area contributed by atoms with Crippen molar-refractivity contribution in [1.82, 2.24) is 4.90 Å². The maximum atomic E-state index is 14.3. The summed E-state index contributed by atoms with van der Waals surface area (Å²) in [6.07, 6.45) is 14.0. The molecule has 4 bridgehead atoms. The molecule has 11 rings (SSSR count). The smallest absolute Gasteiger partial charge is 0.394 e. The lowest BCUT2D eigenvalue weighted by atomic mass is 9.71. The molecule has 20 nitrogen and oxygen atoms in total. The van der Waals surface area contributed by atoms with Crippen molar-refractivity contribution >= 4 is 16.4 Å². The van der Waals surface area contributed by atoms with E-state index < -0.39 is 101 Å². The van der Waals surface area contributed by atoms with Crippen LogP contribution in [0.4, 0.5) is 0 Å². The summed E-state index contributed by atoms with van der Waals surface area (Å²) >= 11 is 0. The molecule has 5 N–H and O–H groups in total. The number of aliphatic hydroxyl groups is 3. The molecule has 1 aliphatic carbocycles. The number of rotatable bonds is 12. The molecular formula is C69H99NO19S. The fourth-order valence-corrected chi connectivity index (χ4v) is 14.8. The number of piperidine rings is 1. The first kappa shape index (κ1) is 70.2. The Morgan fingerprint density at radius 3 is 2.01 bits per heavy atom. The van der Waals surface area contributed by atoms with Gasteiger partial charge in [-0.1, -0.05) is 131 Å². The number of methoxy groups -OCH3 is 2. The van der Waals surface area contributed by atoms with Crippen LogP contribution in [-0.4, -0.2) is 187 Å². The van der Waals surface area contributed by atoms with Crippen LogP contribution in [0.5, 0.6) is 0 Å². The third-order valence-electron chi connectivity index (χ3n) is 20.1. The lowest BCUT2D eigenvalue weighted by molar-refractivity contribution is -0.318. The molecule has 9 aliphatic rings. The quantitative estimate of drug-likeness (QED) is 0.0754. The monoisotopic (exact) mass is 1280 g/mol. The summed E-state index contributed by atoms with van der Waals surface area (Å²) in [6, 6.07) is 22.7. The van der Waals surface area contributed by atoms with Crippen LogP contribution in [0.3, 0.4) is 0 Å². The van der Waals surface area contributed by atoms with E-state index in [1.54, 1.807) is 40.2 Å². The van der Waals surface area contributed by atoms with Crippen molar-refractivity contribution in [3.8, 4) is 0 Å². The largest absolute Gasteiger partial charge is 0.462 e. The third-order valence-corrected chi connectivity index (χ3v) is 20.1. The fraction of sp³-hybridized carbons (Fsp3) is 0.667. The van der Waals surface area contributed by atoms with Crippen LogP contribution in [-0.2, 0) is 67.3 Å². The van der Waals surface area contributed by atoms with Crippen molar-refractivity contribution in [2.24, 2.45) is 23.7 Å². The highest BCUT2D eigenvalue weighted by Crippen LogP contribution is 2.48. The van der Waals surface area contributed by atoms with Gasteiger partial charge < -0.3 is 72.3 Å². The van der Waals surface area contributed by atoms with Crippen LogP contribution in [0.15, 0.2) is 120 Å². The Labute approximate surface area is 532 Å². The predicted molar refractivity (Wildman–Crippen MR) is 335 cm³/mol. The minimum absolute atomic E-state index is 0.0317. The topological polar surface area (TPSA) is 257 Å². The Hall–Kier alpha value is -4.08. The zero-order chi connectivity index (χ0) is 64.8. The van der Waals surface area contributed by atoms with E-state index in [1.807, 2.05) is 32.1 Å². The number of fused-ring (bicyclic) bond motifs is 4. The highest BCUT2D eigenvalue weighted by atomic mass is 32.3. The molecule has 0 aromatic heterocycles. The van der Waals surface area contributed by atoms with Gasteiger partial charge in [-0.15, -0.1) is 0 Å². The first-order chi connectivity index (χ1) is 42.8. The van der Waals surface area contributed by atoms with Gasteiger partial charge >= 0.3 is 16.4 Å². The van der Waals surface area contributed by atoms with Gasteiger partial charge in [0.25, 0.3) is 0 Å². The second-order valence-corrected chi connectivity index (χ2v) is 27.3. The zero-order valence-electron chi connectivity index (χ0n) is 54.1. The number of carbonyl (C=O) groups is 1. The average Bonchev–Trinajstić information content (AvgIpc) is 1.51. The fourth-order valence-electron chi connectivity index (χ4n) is 14.8. The molecule has 6 saturated heterocycles. The molecule has 2 aromatic rings. The number of benzene rings is 2. The SMILES string of the molecule is CCC(C)C1OC2(C=CC1C)CC1CC(CC=C(C)C(OC3CC(OC)C(OC4CC(OC)C(O)C(C)O4)C(C)O3)C(C)C=CC=C3COC4C(O)C(C)=CC(C(=O)O1)C34O)O2.CN1C2CCC1CC(OC(c1ccccc1)c1ccccc1)C2.O=S(=O)(O)O. The standard InChI is InChI=1S/C48H72O14.C21H25NO.H2O4S/c1-11-25(2)43-28(5)17-18-47(62-43)23-34-20-33(61-47)16-15-27(4)42(26(3)13-12-14-32-24-55-45-40(49)29(6)19-35(46(51)58-34)48(32,45)52)59-39-22-37(54-10)44(31(8)57-39)60-38-21-36(53-9)41(50)30(7)56-38;1-22-18-12-13-19(22)15-20(14-18)23-21(16-8-4-2-5-9-16)17-10-6-3-7-11-17;1-5(2,3)4/h12-15,17-19,25-26,28,30-31,33-45,49-50,52H,11,16,20-24H2,1-10H3;2-11,18-21H,12-15H2,1H3;(H2,1,2,3,4). The zero-order valence-corrected chi connectivity index (χ0v) is 54.9. The molecular weight excluding hydrogens is 1180 g/mol. The second-order valence-electron chi connectivity index (χ2n) is 26.4. The summed E-state index contributed by atoms with van der Waals surface area (Å²) < 4.78 is 102. The minimum atomic E-state index is -4.67.